The normalized spacial score (nSPS) is 10.9. The molecule has 0 aliphatic carbocycles. The zero-order valence-corrected chi connectivity index (χ0v) is 12.7. The number of carbonyl (C=O) groups is 2. The molecule has 116 valence electrons. The van der Waals surface area contributed by atoms with E-state index in [9.17, 15) is 9.59 Å². The molecule has 0 heterocycles. The average molecular weight is 293 g/mol. The van der Waals surface area contributed by atoms with Crippen molar-refractivity contribution < 1.29 is 14.3 Å². The molecule has 2 amide bonds. The summed E-state index contributed by atoms with van der Waals surface area (Å²) in [7, 11) is 0. The van der Waals surface area contributed by atoms with E-state index < -0.39 is 11.7 Å². The Hall–Kier alpha value is -2.08. The number of amides is 2. The van der Waals surface area contributed by atoms with E-state index in [2.05, 4.69) is 10.6 Å². The lowest BCUT2D eigenvalue weighted by Gasteiger charge is -2.19. The average Bonchev–Trinajstić information content (AvgIpc) is 2.41. The molecule has 6 heteroatoms. The lowest BCUT2D eigenvalue weighted by molar-refractivity contribution is -0.119. The van der Waals surface area contributed by atoms with Crippen LogP contribution in [0.1, 0.15) is 31.9 Å². The van der Waals surface area contributed by atoms with Gasteiger partial charge in [-0.25, -0.2) is 4.79 Å². The number of nitrogens with one attached hydrogen (secondary N) is 2. The molecule has 1 aromatic rings. The fourth-order valence-corrected chi connectivity index (χ4v) is 1.61. The Balaban J connectivity index is 2.49. The van der Waals surface area contributed by atoms with Crippen LogP contribution in [0.3, 0.4) is 0 Å². The monoisotopic (exact) mass is 293 g/mol. The molecule has 0 aromatic heterocycles. The molecule has 4 N–H and O–H groups in total. The molecule has 0 spiro atoms. The standard InChI is InChI=1S/C15H23N3O3/c1-15(2,3)21-14(20)18-10-12-6-4-5-11(7-12)9-17-13(19)8-16/h4-7H,8-10,16H2,1-3H3,(H,17,19)(H,18,20). The van der Waals surface area contributed by atoms with Crippen molar-refractivity contribution in [3.63, 3.8) is 0 Å². The molecule has 1 rings (SSSR count). The van der Waals surface area contributed by atoms with Gasteiger partial charge in [-0.1, -0.05) is 24.3 Å². The minimum Gasteiger partial charge on any atom is -0.444 e. The summed E-state index contributed by atoms with van der Waals surface area (Å²) in [4.78, 5) is 22.7. The van der Waals surface area contributed by atoms with E-state index in [1.807, 2.05) is 45.0 Å². The summed E-state index contributed by atoms with van der Waals surface area (Å²) in [6.07, 6.45) is -0.454. The number of benzene rings is 1. The first kappa shape index (κ1) is 17.0. The fourth-order valence-electron chi connectivity index (χ4n) is 1.61. The fraction of sp³-hybridized carbons (Fsp3) is 0.467. The third-order valence-electron chi connectivity index (χ3n) is 2.50. The molecular formula is C15H23N3O3. The quantitative estimate of drug-likeness (QED) is 0.762. The van der Waals surface area contributed by atoms with Gasteiger partial charge in [-0.15, -0.1) is 0 Å². The van der Waals surface area contributed by atoms with Gasteiger partial charge >= 0.3 is 6.09 Å². The molecule has 0 aliphatic rings. The number of ether oxygens (including phenoxy) is 1. The Bertz CT molecular complexity index is 495. The molecule has 21 heavy (non-hydrogen) atoms. The van der Waals surface area contributed by atoms with Gasteiger partial charge in [0.15, 0.2) is 0 Å². The van der Waals surface area contributed by atoms with Crippen molar-refractivity contribution in [2.45, 2.75) is 39.5 Å². The molecule has 0 saturated heterocycles. The van der Waals surface area contributed by atoms with Crippen LogP contribution >= 0.6 is 0 Å². The summed E-state index contributed by atoms with van der Waals surface area (Å²) >= 11 is 0. The van der Waals surface area contributed by atoms with Crippen molar-refractivity contribution in [1.29, 1.82) is 0 Å². The van der Waals surface area contributed by atoms with Gasteiger partial charge in [0.2, 0.25) is 5.91 Å². The smallest absolute Gasteiger partial charge is 0.407 e. The second-order valence-electron chi connectivity index (χ2n) is 5.66. The van der Waals surface area contributed by atoms with E-state index in [0.29, 0.717) is 13.1 Å². The summed E-state index contributed by atoms with van der Waals surface area (Å²) in [6.45, 7) is 6.19. The minimum absolute atomic E-state index is 0.0279. The zero-order chi connectivity index (χ0) is 15.9. The van der Waals surface area contributed by atoms with E-state index >= 15 is 0 Å². The first-order valence-corrected chi connectivity index (χ1v) is 6.81. The number of hydrogen-bond acceptors (Lipinski definition) is 4. The molecule has 0 unspecified atom stereocenters. The highest BCUT2D eigenvalue weighted by Crippen LogP contribution is 2.08. The van der Waals surface area contributed by atoms with Crippen LogP contribution in [0.25, 0.3) is 0 Å². The topological polar surface area (TPSA) is 93.5 Å². The summed E-state index contributed by atoms with van der Waals surface area (Å²) in [6, 6.07) is 7.57. The molecule has 0 saturated carbocycles. The van der Waals surface area contributed by atoms with Gasteiger partial charge in [-0.2, -0.15) is 0 Å². The molecule has 1 aromatic carbocycles. The number of hydrogen-bond donors (Lipinski definition) is 3. The van der Waals surface area contributed by atoms with Crippen molar-refractivity contribution in [2.75, 3.05) is 6.54 Å². The number of nitrogens with two attached hydrogens (primary N) is 1. The van der Waals surface area contributed by atoms with Crippen LogP contribution in [-0.2, 0) is 22.6 Å². The van der Waals surface area contributed by atoms with Gasteiger partial charge in [-0.05, 0) is 31.9 Å². The molecule has 0 aliphatic heterocycles. The molecular weight excluding hydrogens is 270 g/mol. The van der Waals surface area contributed by atoms with Gasteiger partial charge < -0.3 is 21.1 Å². The summed E-state index contributed by atoms with van der Waals surface area (Å²) in [5.74, 6) is -0.202. The van der Waals surface area contributed by atoms with Crippen molar-refractivity contribution in [3.05, 3.63) is 35.4 Å². The van der Waals surface area contributed by atoms with E-state index in [0.717, 1.165) is 11.1 Å². The SMILES string of the molecule is CC(C)(C)OC(=O)NCc1cccc(CNC(=O)CN)c1. The summed E-state index contributed by atoms with van der Waals surface area (Å²) in [5, 5.41) is 5.39. The van der Waals surface area contributed by atoms with E-state index in [4.69, 9.17) is 10.5 Å². The largest absolute Gasteiger partial charge is 0.444 e. The van der Waals surface area contributed by atoms with Gasteiger partial charge in [-0.3, -0.25) is 4.79 Å². The number of alkyl carbamates (subject to hydrolysis) is 1. The Kier molecular flexibility index (Phi) is 6.17. The van der Waals surface area contributed by atoms with Crippen LogP contribution in [0.15, 0.2) is 24.3 Å². The Morgan fingerprint density at radius 3 is 2.24 bits per heavy atom. The summed E-state index contributed by atoms with van der Waals surface area (Å²) < 4.78 is 5.16. The second kappa shape index (κ2) is 7.64. The van der Waals surface area contributed by atoms with Gasteiger partial charge in [0, 0.05) is 13.1 Å². The van der Waals surface area contributed by atoms with E-state index in [-0.39, 0.29) is 12.5 Å². The van der Waals surface area contributed by atoms with Crippen molar-refractivity contribution in [3.8, 4) is 0 Å². The van der Waals surface area contributed by atoms with Crippen LogP contribution < -0.4 is 16.4 Å². The van der Waals surface area contributed by atoms with Crippen LogP contribution in [0.5, 0.6) is 0 Å². The Morgan fingerprint density at radius 2 is 1.71 bits per heavy atom. The van der Waals surface area contributed by atoms with E-state index in [1.54, 1.807) is 0 Å². The maximum absolute atomic E-state index is 11.6. The van der Waals surface area contributed by atoms with Gasteiger partial charge in [0.25, 0.3) is 0 Å². The first-order valence-electron chi connectivity index (χ1n) is 6.81. The van der Waals surface area contributed by atoms with Crippen molar-refractivity contribution >= 4 is 12.0 Å². The third kappa shape index (κ3) is 7.31. The van der Waals surface area contributed by atoms with Crippen LogP contribution in [0.4, 0.5) is 4.79 Å². The molecule has 0 bridgehead atoms. The minimum atomic E-state index is -0.515. The number of rotatable bonds is 5. The maximum atomic E-state index is 11.6. The Morgan fingerprint density at radius 1 is 1.14 bits per heavy atom. The third-order valence-corrected chi connectivity index (χ3v) is 2.50. The zero-order valence-electron chi connectivity index (χ0n) is 12.7. The number of carbonyl (C=O) groups excluding carboxylic acids is 2. The maximum Gasteiger partial charge on any atom is 0.407 e. The van der Waals surface area contributed by atoms with Gasteiger partial charge in [0.1, 0.15) is 5.60 Å². The van der Waals surface area contributed by atoms with Crippen LogP contribution in [0, 0.1) is 0 Å². The second-order valence-corrected chi connectivity index (χ2v) is 5.66. The van der Waals surface area contributed by atoms with Gasteiger partial charge in [0.05, 0.1) is 6.54 Å². The van der Waals surface area contributed by atoms with Crippen molar-refractivity contribution in [2.24, 2.45) is 5.73 Å². The molecule has 0 fully saturated rings. The van der Waals surface area contributed by atoms with E-state index in [1.165, 1.54) is 0 Å². The van der Waals surface area contributed by atoms with Crippen LogP contribution in [0.2, 0.25) is 0 Å². The van der Waals surface area contributed by atoms with Crippen molar-refractivity contribution in [1.82, 2.24) is 10.6 Å². The first-order chi connectivity index (χ1) is 9.80. The highest BCUT2D eigenvalue weighted by atomic mass is 16.6. The lowest BCUT2D eigenvalue weighted by Crippen LogP contribution is -2.32. The Labute approximate surface area is 125 Å². The summed E-state index contributed by atoms with van der Waals surface area (Å²) in [5.41, 5.74) is 6.58. The molecule has 6 nitrogen and oxygen atoms in total. The highest BCUT2D eigenvalue weighted by Gasteiger charge is 2.15. The highest BCUT2D eigenvalue weighted by molar-refractivity contribution is 5.77. The molecule has 0 atom stereocenters. The lowest BCUT2D eigenvalue weighted by atomic mass is 10.1. The molecule has 0 radical (unpaired) electrons. The predicted octanol–water partition coefficient (Wildman–Crippen LogP) is 1.29. The van der Waals surface area contributed by atoms with Crippen LogP contribution in [-0.4, -0.2) is 24.1 Å². The predicted molar refractivity (Wildman–Crippen MR) is 80.4 cm³/mol.